The molecule has 0 atom stereocenters. The van der Waals surface area contributed by atoms with E-state index in [-0.39, 0.29) is 11.8 Å². The summed E-state index contributed by atoms with van der Waals surface area (Å²) >= 11 is 0. The number of benzene rings is 1. The standard InChI is InChI=1S/C16H22N2O3/c1-16(2)12-6-4-5-7-13(12)18(15(16)20)10-8-14(19)17-9-11-21-3/h4-7H,8-11H2,1-3H3,(H,17,19). The van der Waals surface area contributed by atoms with Gasteiger partial charge in [-0.1, -0.05) is 18.2 Å². The summed E-state index contributed by atoms with van der Waals surface area (Å²) < 4.78 is 4.88. The third-order valence-corrected chi connectivity index (χ3v) is 3.84. The van der Waals surface area contributed by atoms with Gasteiger partial charge in [0.1, 0.15) is 0 Å². The van der Waals surface area contributed by atoms with Crippen LogP contribution in [0.15, 0.2) is 24.3 Å². The summed E-state index contributed by atoms with van der Waals surface area (Å²) in [6.07, 6.45) is 0.292. The number of hydrogen-bond donors (Lipinski definition) is 1. The highest BCUT2D eigenvalue weighted by Gasteiger charge is 2.43. The number of anilines is 1. The molecule has 21 heavy (non-hydrogen) atoms. The number of fused-ring (bicyclic) bond motifs is 1. The average Bonchev–Trinajstić information content (AvgIpc) is 2.66. The van der Waals surface area contributed by atoms with Gasteiger partial charge < -0.3 is 15.0 Å². The predicted molar refractivity (Wildman–Crippen MR) is 81.3 cm³/mol. The Labute approximate surface area is 125 Å². The number of methoxy groups -OCH3 is 1. The van der Waals surface area contributed by atoms with Gasteiger partial charge in [-0.2, -0.15) is 0 Å². The van der Waals surface area contributed by atoms with Crippen LogP contribution in [-0.4, -0.2) is 38.6 Å². The molecule has 1 heterocycles. The molecule has 0 bridgehead atoms. The Morgan fingerprint density at radius 2 is 2.05 bits per heavy atom. The largest absolute Gasteiger partial charge is 0.383 e. The normalized spacial score (nSPS) is 16.0. The zero-order valence-electron chi connectivity index (χ0n) is 12.8. The van der Waals surface area contributed by atoms with Crippen molar-refractivity contribution < 1.29 is 14.3 Å². The van der Waals surface area contributed by atoms with E-state index < -0.39 is 5.41 Å². The molecule has 2 amide bonds. The van der Waals surface area contributed by atoms with Crippen LogP contribution in [0.4, 0.5) is 5.69 Å². The molecule has 5 heteroatoms. The monoisotopic (exact) mass is 290 g/mol. The fourth-order valence-corrected chi connectivity index (χ4v) is 2.62. The predicted octanol–water partition coefficient (Wildman–Crippen LogP) is 1.46. The van der Waals surface area contributed by atoms with Crippen molar-refractivity contribution in [2.75, 3.05) is 31.7 Å². The fourth-order valence-electron chi connectivity index (χ4n) is 2.62. The highest BCUT2D eigenvalue weighted by atomic mass is 16.5. The van der Waals surface area contributed by atoms with Crippen molar-refractivity contribution in [3.05, 3.63) is 29.8 Å². The summed E-state index contributed by atoms with van der Waals surface area (Å²) in [6.45, 7) is 5.23. The lowest BCUT2D eigenvalue weighted by atomic mass is 9.86. The van der Waals surface area contributed by atoms with E-state index in [0.29, 0.717) is 26.1 Å². The topological polar surface area (TPSA) is 58.6 Å². The Balaban J connectivity index is 2.01. The lowest BCUT2D eigenvalue weighted by molar-refractivity contribution is -0.122. The molecule has 0 saturated heterocycles. The maximum Gasteiger partial charge on any atom is 0.237 e. The van der Waals surface area contributed by atoms with Gasteiger partial charge in [0.2, 0.25) is 11.8 Å². The van der Waals surface area contributed by atoms with Crippen LogP contribution in [-0.2, 0) is 19.7 Å². The van der Waals surface area contributed by atoms with Crippen molar-refractivity contribution in [3.8, 4) is 0 Å². The fraction of sp³-hybridized carbons (Fsp3) is 0.500. The number of carbonyl (C=O) groups excluding carboxylic acids is 2. The Hall–Kier alpha value is -1.88. The third-order valence-electron chi connectivity index (χ3n) is 3.84. The summed E-state index contributed by atoms with van der Waals surface area (Å²) in [5, 5.41) is 2.77. The molecule has 1 aliphatic rings. The van der Waals surface area contributed by atoms with E-state index in [0.717, 1.165) is 11.3 Å². The summed E-state index contributed by atoms with van der Waals surface area (Å²) in [6, 6.07) is 7.77. The van der Waals surface area contributed by atoms with Crippen molar-refractivity contribution >= 4 is 17.5 Å². The molecular formula is C16H22N2O3. The second-order valence-electron chi connectivity index (χ2n) is 5.69. The number of nitrogens with one attached hydrogen (secondary N) is 1. The van der Waals surface area contributed by atoms with E-state index in [9.17, 15) is 9.59 Å². The Kier molecular flexibility index (Phi) is 4.63. The first-order valence-electron chi connectivity index (χ1n) is 7.15. The number of para-hydroxylation sites is 1. The van der Waals surface area contributed by atoms with Gasteiger partial charge in [-0.25, -0.2) is 0 Å². The van der Waals surface area contributed by atoms with Crippen molar-refractivity contribution in [3.63, 3.8) is 0 Å². The Morgan fingerprint density at radius 3 is 2.76 bits per heavy atom. The van der Waals surface area contributed by atoms with E-state index in [4.69, 9.17) is 4.74 Å². The number of nitrogens with zero attached hydrogens (tertiary/aromatic N) is 1. The number of carbonyl (C=O) groups is 2. The highest BCUT2D eigenvalue weighted by Crippen LogP contribution is 2.41. The van der Waals surface area contributed by atoms with Crippen LogP contribution < -0.4 is 10.2 Å². The third kappa shape index (κ3) is 3.08. The zero-order valence-corrected chi connectivity index (χ0v) is 12.8. The molecule has 0 aliphatic carbocycles. The van der Waals surface area contributed by atoms with Crippen LogP contribution >= 0.6 is 0 Å². The first kappa shape index (κ1) is 15.5. The van der Waals surface area contributed by atoms with Crippen LogP contribution in [0.2, 0.25) is 0 Å². The van der Waals surface area contributed by atoms with Crippen molar-refractivity contribution in [1.29, 1.82) is 0 Å². The lowest BCUT2D eigenvalue weighted by Crippen LogP contribution is -2.38. The molecule has 0 spiro atoms. The second kappa shape index (κ2) is 6.26. The maximum atomic E-state index is 12.5. The molecule has 1 aromatic rings. The first-order chi connectivity index (χ1) is 9.98. The minimum Gasteiger partial charge on any atom is -0.383 e. The summed E-state index contributed by atoms with van der Waals surface area (Å²) in [7, 11) is 1.59. The molecule has 1 aromatic carbocycles. The summed E-state index contributed by atoms with van der Waals surface area (Å²) in [4.78, 5) is 26.0. The quantitative estimate of drug-likeness (QED) is 0.807. The van der Waals surface area contributed by atoms with Crippen molar-refractivity contribution in [2.24, 2.45) is 0 Å². The Morgan fingerprint density at radius 1 is 1.33 bits per heavy atom. The SMILES string of the molecule is COCCNC(=O)CCN1C(=O)C(C)(C)c2ccccc21. The number of hydrogen-bond acceptors (Lipinski definition) is 3. The van der Waals surface area contributed by atoms with Gasteiger partial charge in [0.25, 0.3) is 0 Å². The second-order valence-corrected chi connectivity index (χ2v) is 5.69. The number of rotatable bonds is 6. The van der Waals surface area contributed by atoms with E-state index in [1.165, 1.54) is 0 Å². The minimum atomic E-state index is -0.525. The van der Waals surface area contributed by atoms with E-state index >= 15 is 0 Å². The van der Waals surface area contributed by atoms with Crippen molar-refractivity contribution in [2.45, 2.75) is 25.7 Å². The molecule has 0 saturated carbocycles. The molecule has 114 valence electrons. The molecule has 2 rings (SSSR count). The zero-order chi connectivity index (χ0) is 15.5. The number of ether oxygens (including phenoxy) is 1. The maximum absolute atomic E-state index is 12.5. The van der Waals surface area contributed by atoms with Crippen LogP contribution in [0, 0.1) is 0 Å². The van der Waals surface area contributed by atoms with Crippen LogP contribution in [0.1, 0.15) is 25.8 Å². The molecule has 5 nitrogen and oxygen atoms in total. The molecule has 0 unspecified atom stereocenters. The number of amides is 2. The van der Waals surface area contributed by atoms with Gasteiger partial charge in [-0.15, -0.1) is 0 Å². The molecule has 0 fully saturated rings. The van der Waals surface area contributed by atoms with Crippen LogP contribution in [0.5, 0.6) is 0 Å². The van der Waals surface area contributed by atoms with Crippen molar-refractivity contribution in [1.82, 2.24) is 5.32 Å². The molecule has 0 radical (unpaired) electrons. The van der Waals surface area contributed by atoms with E-state index in [2.05, 4.69) is 5.32 Å². The van der Waals surface area contributed by atoms with Gasteiger partial charge in [-0.3, -0.25) is 9.59 Å². The van der Waals surface area contributed by atoms with Gasteiger partial charge in [-0.05, 0) is 25.5 Å². The summed E-state index contributed by atoms with van der Waals surface area (Å²) in [5.41, 5.74) is 1.41. The lowest BCUT2D eigenvalue weighted by Gasteiger charge is -2.20. The minimum absolute atomic E-state index is 0.0494. The van der Waals surface area contributed by atoms with Gasteiger partial charge in [0.15, 0.2) is 0 Å². The van der Waals surface area contributed by atoms with Gasteiger partial charge >= 0.3 is 0 Å². The smallest absolute Gasteiger partial charge is 0.237 e. The van der Waals surface area contributed by atoms with Crippen LogP contribution in [0.3, 0.4) is 0 Å². The molecule has 1 aliphatic heterocycles. The first-order valence-corrected chi connectivity index (χ1v) is 7.15. The van der Waals surface area contributed by atoms with Gasteiger partial charge in [0.05, 0.1) is 12.0 Å². The molecule has 1 N–H and O–H groups in total. The van der Waals surface area contributed by atoms with Crippen LogP contribution in [0.25, 0.3) is 0 Å². The summed E-state index contributed by atoms with van der Waals surface area (Å²) in [5.74, 6) is -0.0181. The van der Waals surface area contributed by atoms with E-state index in [1.807, 2.05) is 38.1 Å². The van der Waals surface area contributed by atoms with E-state index in [1.54, 1.807) is 12.0 Å². The Bertz CT molecular complexity index is 540. The molecular weight excluding hydrogens is 268 g/mol. The highest BCUT2D eigenvalue weighted by molar-refractivity contribution is 6.07. The molecule has 0 aromatic heterocycles. The van der Waals surface area contributed by atoms with Gasteiger partial charge in [0, 0.05) is 32.3 Å². The average molecular weight is 290 g/mol.